The van der Waals surface area contributed by atoms with Crippen LogP contribution in [-0.2, 0) is 0 Å². The molecule has 0 aliphatic rings. The summed E-state index contributed by atoms with van der Waals surface area (Å²) in [6.07, 6.45) is -0.842. The highest BCUT2D eigenvalue weighted by Gasteiger charge is 2.17. The van der Waals surface area contributed by atoms with Gasteiger partial charge in [-0.1, -0.05) is 0 Å². The number of alkyl halides is 1. The molecule has 1 rings (SSSR count). The number of halogens is 2. The molecule has 4 nitrogen and oxygen atoms in total. The van der Waals surface area contributed by atoms with Crippen molar-refractivity contribution >= 4 is 5.69 Å². The maximum absolute atomic E-state index is 12.8. The summed E-state index contributed by atoms with van der Waals surface area (Å²) < 4.78 is 29.8. The Labute approximate surface area is 84.6 Å². The summed E-state index contributed by atoms with van der Waals surface area (Å²) in [5.74, 6) is -0.924. The van der Waals surface area contributed by atoms with E-state index in [-0.39, 0.29) is 11.4 Å². The highest BCUT2D eigenvalue weighted by atomic mass is 19.1. The van der Waals surface area contributed by atoms with Crippen molar-refractivity contribution in [1.82, 2.24) is 0 Å². The van der Waals surface area contributed by atoms with E-state index >= 15 is 0 Å². The first kappa shape index (κ1) is 11.4. The molecule has 0 unspecified atom stereocenters. The molecule has 1 aromatic carbocycles. The van der Waals surface area contributed by atoms with Crippen molar-refractivity contribution in [2.75, 3.05) is 6.67 Å². The minimum Gasteiger partial charge on any atom is -0.481 e. The van der Waals surface area contributed by atoms with E-state index in [1.807, 2.05) is 0 Å². The SMILES string of the molecule is C[C@@H](CF)Oc1cc(F)ccc1[N+](=O)[O-]. The predicted molar refractivity (Wildman–Crippen MR) is 49.1 cm³/mol. The monoisotopic (exact) mass is 217 g/mol. The largest absolute Gasteiger partial charge is 0.481 e. The van der Waals surface area contributed by atoms with Crippen molar-refractivity contribution in [1.29, 1.82) is 0 Å². The van der Waals surface area contributed by atoms with Crippen LogP contribution in [0.2, 0.25) is 0 Å². The molecule has 1 atom stereocenters. The Morgan fingerprint density at radius 3 is 2.80 bits per heavy atom. The van der Waals surface area contributed by atoms with Crippen LogP contribution in [0.15, 0.2) is 18.2 Å². The van der Waals surface area contributed by atoms with Gasteiger partial charge in [0.1, 0.15) is 18.6 Å². The van der Waals surface area contributed by atoms with Crippen LogP contribution in [0, 0.1) is 15.9 Å². The lowest BCUT2D eigenvalue weighted by Crippen LogP contribution is -2.14. The zero-order chi connectivity index (χ0) is 11.4. The van der Waals surface area contributed by atoms with Crippen LogP contribution in [0.5, 0.6) is 5.75 Å². The second-order valence-electron chi connectivity index (χ2n) is 2.95. The normalized spacial score (nSPS) is 12.2. The summed E-state index contributed by atoms with van der Waals surface area (Å²) in [7, 11) is 0. The number of hydrogen-bond donors (Lipinski definition) is 0. The van der Waals surface area contributed by atoms with E-state index in [1.54, 1.807) is 0 Å². The van der Waals surface area contributed by atoms with Gasteiger partial charge in [0.25, 0.3) is 0 Å². The van der Waals surface area contributed by atoms with E-state index < -0.39 is 23.5 Å². The highest BCUT2D eigenvalue weighted by Crippen LogP contribution is 2.28. The average molecular weight is 217 g/mol. The van der Waals surface area contributed by atoms with Gasteiger partial charge in [-0.05, 0) is 13.0 Å². The van der Waals surface area contributed by atoms with Crippen LogP contribution < -0.4 is 4.74 Å². The van der Waals surface area contributed by atoms with Gasteiger partial charge < -0.3 is 4.74 Å². The molecule has 0 radical (unpaired) electrons. The van der Waals surface area contributed by atoms with Crippen LogP contribution in [0.4, 0.5) is 14.5 Å². The topological polar surface area (TPSA) is 52.4 Å². The van der Waals surface area contributed by atoms with Crippen molar-refractivity contribution in [2.45, 2.75) is 13.0 Å². The standard InChI is InChI=1S/C9H9F2NO3/c1-6(5-10)15-9-4-7(11)2-3-8(9)12(13)14/h2-4,6H,5H2,1H3/t6-/m0/s1. The number of ether oxygens (including phenoxy) is 1. The molecule has 6 heteroatoms. The van der Waals surface area contributed by atoms with Crippen LogP contribution in [0.25, 0.3) is 0 Å². The van der Waals surface area contributed by atoms with Crippen molar-refractivity contribution in [2.24, 2.45) is 0 Å². The highest BCUT2D eigenvalue weighted by molar-refractivity contribution is 5.46. The summed E-state index contributed by atoms with van der Waals surface area (Å²) in [6.45, 7) is 0.600. The Balaban J connectivity index is 3.02. The Morgan fingerprint density at radius 1 is 1.60 bits per heavy atom. The van der Waals surface area contributed by atoms with E-state index in [4.69, 9.17) is 4.74 Å². The fourth-order valence-electron chi connectivity index (χ4n) is 0.981. The molecule has 0 bridgehead atoms. The third-order valence-corrected chi connectivity index (χ3v) is 1.66. The average Bonchev–Trinajstić information content (AvgIpc) is 2.17. The fraction of sp³-hybridized carbons (Fsp3) is 0.333. The Kier molecular flexibility index (Phi) is 3.54. The molecule has 0 aliphatic carbocycles. The van der Waals surface area contributed by atoms with Crippen molar-refractivity contribution < 1.29 is 18.4 Å². The Morgan fingerprint density at radius 2 is 2.27 bits per heavy atom. The van der Waals surface area contributed by atoms with Gasteiger partial charge in [0.15, 0.2) is 5.75 Å². The van der Waals surface area contributed by atoms with Gasteiger partial charge in [0.05, 0.1) is 4.92 Å². The van der Waals surface area contributed by atoms with Crippen molar-refractivity contribution in [3.8, 4) is 5.75 Å². The van der Waals surface area contributed by atoms with Crippen LogP contribution >= 0.6 is 0 Å². The molecule has 0 fully saturated rings. The lowest BCUT2D eigenvalue weighted by Gasteiger charge is -2.10. The van der Waals surface area contributed by atoms with Gasteiger partial charge in [0, 0.05) is 12.1 Å². The first-order chi connectivity index (χ1) is 7.04. The third kappa shape index (κ3) is 2.87. The molecule has 0 aromatic heterocycles. The molecule has 0 spiro atoms. The lowest BCUT2D eigenvalue weighted by atomic mass is 10.3. The number of nitro benzene ring substituents is 1. The molecule has 0 aliphatic heterocycles. The van der Waals surface area contributed by atoms with Crippen LogP contribution in [0.3, 0.4) is 0 Å². The second-order valence-corrected chi connectivity index (χ2v) is 2.95. The first-order valence-corrected chi connectivity index (χ1v) is 4.21. The van der Waals surface area contributed by atoms with Gasteiger partial charge in [0.2, 0.25) is 0 Å². The van der Waals surface area contributed by atoms with Crippen molar-refractivity contribution in [3.05, 3.63) is 34.1 Å². The van der Waals surface area contributed by atoms with Crippen LogP contribution in [-0.4, -0.2) is 17.7 Å². The Hall–Kier alpha value is -1.72. The van der Waals surface area contributed by atoms with Gasteiger partial charge in [-0.25, -0.2) is 8.78 Å². The summed E-state index contributed by atoms with van der Waals surface area (Å²) in [6, 6.07) is 2.80. The molecule has 82 valence electrons. The molecule has 0 saturated carbocycles. The van der Waals surface area contributed by atoms with Gasteiger partial charge in [-0.2, -0.15) is 0 Å². The predicted octanol–water partition coefficient (Wildman–Crippen LogP) is 2.47. The molecular weight excluding hydrogens is 208 g/mol. The second kappa shape index (κ2) is 4.68. The molecule has 0 N–H and O–H groups in total. The molecule has 0 amide bonds. The molecule has 0 saturated heterocycles. The minimum absolute atomic E-state index is 0.259. The number of hydrogen-bond acceptors (Lipinski definition) is 3. The van der Waals surface area contributed by atoms with Crippen LogP contribution in [0.1, 0.15) is 6.92 Å². The molecular formula is C9H9F2NO3. The van der Waals surface area contributed by atoms with E-state index in [2.05, 4.69) is 0 Å². The summed E-state index contributed by atoms with van der Waals surface area (Å²) in [5.41, 5.74) is -0.378. The van der Waals surface area contributed by atoms with Gasteiger partial charge in [-0.15, -0.1) is 0 Å². The van der Waals surface area contributed by atoms with E-state index in [1.165, 1.54) is 6.92 Å². The summed E-state index contributed by atoms with van der Waals surface area (Å²) in [5, 5.41) is 10.5. The maximum Gasteiger partial charge on any atom is 0.311 e. The maximum atomic E-state index is 12.8. The fourth-order valence-corrected chi connectivity index (χ4v) is 0.981. The van der Waals surface area contributed by atoms with E-state index in [9.17, 15) is 18.9 Å². The zero-order valence-electron chi connectivity index (χ0n) is 7.94. The quantitative estimate of drug-likeness (QED) is 0.575. The lowest BCUT2D eigenvalue weighted by molar-refractivity contribution is -0.386. The smallest absolute Gasteiger partial charge is 0.311 e. The number of benzene rings is 1. The van der Waals surface area contributed by atoms with Gasteiger partial charge in [-0.3, -0.25) is 10.1 Å². The van der Waals surface area contributed by atoms with E-state index in [0.29, 0.717) is 0 Å². The summed E-state index contributed by atoms with van der Waals surface area (Å²) >= 11 is 0. The molecule has 0 heterocycles. The van der Waals surface area contributed by atoms with Crippen molar-refractivity contribution in [3.63, 3.8) is 0 Å². The minimum atomic E-state index is -0.842. The molecule has 1 aromatic rings. The summed E-state index contributed by atoms with van der Waals surface area (Å²) in [4.78, 5) is 9.80. The third-order valence-electron chi connectivity index (χ3n) is 1.66. The number of nitrogens with zero attached hydrogens (tertiary/aromatic N) is 1. The first-order valence-electron chi connectivity index (χ1n) is 4.21. The zero-order valence-corrected chi connectivity index (χ0v) is 7.94. The molecule has 15 heavy (non-hydrogen) atoms. The van der Waals surface area contributed by atoms with E-state index in [0.717, 1.165) is 18.2 Å². The number of rotatable bonds is 4. The van der Waals surface area contributed by atoms with Gasteiger partial charge >= 0.3 is 5.69 Å². The number of nitro groups is 1. The Bertz CT molecular complexity index is 370.